The number of carbonyl (C=O) groups excluding carboxylic acids is 2. The highest BCUT2D eigenvalue weighted by molar-refractivity contribution is 5.96. The highest BCUT2D eigenvalue weighted by Gasteiger charge is 2.30. The van der Waals surface area contributed by atoms with Crippen LogP contribution in [0, 0.1) is 13.8 Å². The molecule has 1 aromatic rings. The zero-order chi connectivity index (χ0) is 17.1. The van der Waals surface area contributed by atoms with Crippen LogP contribution < -0.4 is 0 Å². The van der Waals surface area contributed by atoms with Crippen LogP contribution in [0.4, 0.5) is 0 Å². The monoisotopic (exact) mass is 330 g/mol. The predicted molar refractivity (Wildman–Crippen MR) is 92.0 cm³/mol. The molecule has 3 rings (SSSR count). The first-order valence-electron chi connectivity index (χ1n) is 8.83. The van der Waals surface area contributed by atoms with E-state index >= 15 is 0 Å². The Morgan fingerprint density at radius 2 is 1.79 bits per heavy atom. The average Bonchev–Trinajstić information content (AvgIpc) is 3.00. The van der Waals surface area contributed by atoms with E-state index < -0.39 is 0 Å². The summed E-state index contributed by atoms with van der Waals surface area (Å²) >= 11 is 0. The summed E-state index contributed by atoms with van der Waals surface area (Å²) in [5.74, 6) is 0.163. The summed E-state index contributed by atoms with van der Waals surface area (Å²) < 4.78 is 5.51. The maximum absolute atomic E-state index is 12.9. The third-order valence-electron chi connectivity index (χ3n) is 4.92. The number of nitrogens with zero attached hydrogens (tertiary/aromatic N) is 2. The second-order valence-corrected chi connectivity index (χ2v) is 6.79. The van der Waals surface area contributed by atoms with E-state index in [0.29, 0.717) is 32.8 Å². The molecule has 2 aliphatic heterocycles. The Morgan fingerprint density at radius 1 is 1.04 bits per heavy atom. The largest absolute Gasteiger partial charge is 0.368 e. The molecule has 0 aliphatic carbocycles. The van der Waals surface area contributed by atoms with Crippen molar-refractivity contribution >= 4 is 11.8 Å². The molecular weight excluding hydrogens is 304 g/mol. The fraction of sp³-hybridized carbons (Fsp3) is 0.579. The number of hydrogen-bond donors (Lipinski definition) is 0. The van der Waals surface area contributed by atoms with Crippen molar-refractivity contribution in [3.63, 3.8) is 0 Å². The Bertz CT molecular complexity index is 623. The molecule has 2 saturated heterocycles. The van der Waals surface area contributed by atoms with Gasteiger partial charge in [0.2, 0.25) is 0 Å². The molecule has 2 aliphatic rings. The van der Waals surface area contributed by atoms with E-state index in [4.69, 9.17) is 4.74 Å². The van der Waals surface area contributed by atoms with E-state index in [1.54, 1.807) is 0 Å². The standard InChI is InChI=1S/C19H26N2O3/c1-14-6-7-15(2)16(13-14)18(22)20-8-4-9-21(11-10-20)19(23)17-5-3-12-24-17/h6-7,13,17H,3-5,8-12H2,1-2H3. The molecule has 0 N–H and O–H groups in total. The third kappa shape index (κ3) is 3.61. The molecule has 1 atom stereocenters. The van der Waals surface area contributed by atoms with Crippen molar-refractivity contribution in [2.75, 3.05) is 32.8 Å². The van der Waals surface area contributed by atoms with Gasteiger partial charge in [0.25, 0.3) is 11.8 Å². The lowest BCUT2D eigenvalue weighted by Gasteiger charge is -2.24. The van der Waals surface area contributed by atoms with Gasteiger partial charge in [-0.05, 0) is 44.7 Å². The second kappa shape index (κ2) is 7.34. The van der Waals surface area contributed by atoms with Gasteiger partial charge in [0, 0.05) is 38.3 Å². The summed E-state index contributed by atoms with van der Waals surface area (Å²) in [6.07, 6.45) is 2.32. The zero-order valence-corrected chi connectivity index (χ0v) is 14.6. The molecule has 0 aromatic heterocycles. The topological polar surface area (TPSA) is 49.9 Å². The highest BCUT2D eigenvalue weighted by Crippen LogP contribution is 2.18. The fourth-order valence-electron chi connectivity index (χ4n) is 3.45. The predicted octanol–water partition coefficient (Wildman–Crippen LogP) is 2.16. The van der Waals surface area contributed by atoms with Gasteiger partial charge in [-0.15, -0.1) is 0 Å². The number of ether oxygens (including phenoxy) is 1. The normalized spacial score (nSPS) is 21.7. The van der Waals surface area contributed by atoms with Crippen LogP contribution in [0.15, 0.2) is 18.2 Å². The van der Waals surface area contributed by atoms with Gasteiger partial charge in [0.1, 0.15) is 6.10 Å². The van der Waals surface area contributed by atoms with E-state index in [2.05, 4.69) is 0 Å². The number of benzene rings is 1. The molecule has 1 aromatic carbocycles. The van der Waals surface area contributed by atoms with E-state index in [-0.39, 0.29) is 17.9 Å². The van der Waals surface area contributed by atoms with Gasteiger partial charge in [-0.1, -0.05) is 17.7 Å². The third-order valence-corrected chi connectivity index (χ3v) is 4.92. The van der Waals surface area contributed by atoms with E-state index in [0.717, 1.165) is 36.0 Å². The van der Waals surface area contributed by atoms with Crippen molar-refractivity contribution in [2.24, 2.45) is 0 Å². The van der Waals surface area contributed by atoms with E-state index in [1.807, 2.05) is 41.8 Å². The van der Waals surface area contributed by atoms with Crippen molar-refractivity contribution in [1.82, 2.24) is 9.80 Å². The van der Waals surface area contributed by atoms with Crippen LogP contribution in [0.5, 0.6) is 0 Å². The van der Waals surface area contributed by atoms with Crippen molar-refractivity contribution in [1.29, 1.82) is 0 Å². The Kier molecular flexibility index (Phi) is 5.19. The van der Waals surface area contributed by atoms with Crippen LogP contribution in [0.2, 0.25) is 0 Å². The minimum Gasteiger partial charge on any atom is -0.368 e. The smallest absolute Gasteiger partial charge is 0.254 e. The maximum Gasteiger partial charge on any atom is 0.254 e. The molecule has 1 unspecified atom stereocenters. The van der Waals surface area contributed by atoms with Crippen LogP contribution in [0.1, 0.15) is 40.7 Å². The summed E-state index contributed by atoms with van der Waals surface area (Å²) in [6, 6.07) is 5.97. The molecule has 0 spiro atoms. The summed E-state index contributed by atoms with van der Waals surface area (Å²) in [7, 11) is 0. The first-order chi connectivity index (χ1) is 11.6. The molecule has 2 amide bonds. The lowest BCUT2D eigenvalue weighted by atomic mass is 10.0. The van der Waals surface area contributed by atoms with Gasteiger partial charge < -0.3 is 14.5 Å². The van der Waals surface area contributed by atoms with E-state index in [9.17, 15) is 9.59 Å². The molecule has 2 fully saturated rings. The zero-order valence-electron chi connectivity index (χ0n) is 14.6. The Morgan fingerprint density at radius 3 is 2.54 bits per heavy atom. The maximum atomic E-state index is 12.9. The van der Waals surface area contributed by atoms with Crippen LogP contribution in [-0.4, -0.2) is 60.5 Å². The van der Waals surface area contributed by atoms with Crippen molar-refractivity contribution in [2.45, 2.75) is 39.2 Å². The minimum absolute atomic E-state index is 0.0719. The lowest BCUT2D eigenvalue weighted by Crippen LogP contribution is -2.41. The molecule has 5 nitrogen and oxygen atoms in total. The molecule has 130 valence electrons. The number of rotatable bonds is 2. The van der Waals surface area contributed by atoms with Gasteiger partial charge in [0.15, 0.2) is 0 Å². The number of carbonyl (C=O) groups is 2. The van der Waals surface area contributed by atoms with Crippen LogP contribution in [0.3, 0.4) is 0 Å². The minimum atomic E-state index is -0.272. The second-order valence-electron chi connectivity index (χ2n) is 6.79. The van der Waals surface area contributed by atoms with Crippen molar-refractivity contribution < 1.29 is 14.3 Å². The molecule has 0 radical (unpaired) electrons. The van der Waals surface area contributed by atoms with Crippen molar-refractivity contribution in [3.8, 4) is 0 Å². The summed E-state index contributed by atoms with van der Waals surface area (Å²) in [5, 5.41) is 0. The number of hydrogen-bond acceptors (Lipinski definition) is 3. The number of aryl methyl sites for hydroxylation is 2. The molecule has 2 heterocycles. The summed E-state index contributed by atoms with van der Waals surface area (Å²) in [5.41, 5.74) is 2.87. The lowest BCUT2D eigenvalue weighted by molar-refractivity contribution is -0.140. The van der Waals surface area contributed by atoms with Crippen LogP contribution in [0.25, 0.3) is 0 Å². The first-order valence-corrected chi connectivity index (χ1v) is 8.83. The van der Waals surface area contributed by atoms with Gasteiger partial charge in [-0.2, -0.15) is 0 Å². The summed E-state index contributed by atoms with van der Waals surface area (Å²) in [6.45, 7) is 7.23. The average molecular weight is 330 g/mol. The molecule has 0 bridgehead atoms. The van der Waals surface area contributed by atoms with Gasteiger partial charge in [-0.3, -0.25) is 9.59 Å². The van der Waals surface area contributed by atoms with Gasteiger partial charge >= 0.3 is 0 Å². The van der Waals surface area contributed by atoms with Crippen LogP contribution >= 0.6 is 0 Å². The summed E-state index contributed by atoms with van der Waals surface area (Å²) in [4.78, 5) is 29.1. The Hall–Kier alpha value is -1.88. The molecular formula is C19H26N2O3. The van der Waals surface area contributed by atoms with Crippen molar-refractivity contribution in [3.05, 3.63) is 34.9 Å². The molecule has 5 heteroatoms. The highest BCUT2D eigenvalue weighted by atomic mass is 16.5. The number of amides is 2. The first kappa shape index (κ1) is 17.0. The van der Waals surface area contributed by atoms with E-state index in [1.165, 1.54) is 0 Å². The SMILES string of the molecule is Cc1ccc(C)c(C(=O)N2CCCN(C(=O)C3CCCO3)CC2)c1. The molecule has 24 heavy (non-hydrogen) atoms. The van der Waals surface area contributed by atoms with Crippen LogP contribution in [-0.2, 0) is 9.53 Å². The quantitative estimate of drug-likeness (QED) is 0.835. The molecule has 0 saturated carbocycles. The fourth-order valence-corrected chi connectivity index (χ4v) is 3.45. The Balaban J connectivity index is 1.65. The van der Waals surface area contributed by atoms with Gasteiger partial charge in [-0.25, -0.2) is 0 Å². The Labute approximate surface area is 143 Å². The van der Waals surface area contributed by atoms with Gasteiger partial charge in [0.05, 0.1) is 0 Å².